The predicted octanol–water partition coefficient (Wildman–Crippen LogP) is 2.12. The standard InChI is InChI=1S/C12H17N5OS/c1-12(2,3)18-10-8(13)5-6-9(16-10)19-11-14-7-15-17(11)4/h5-7H,13H2,1-4H3. The van der Waals surface area contributed by atoms with Crippen molar-refractivity contribution in [2.75, 3.05) is 5.73 Å². The molecule has 2 N–H and O–H groups in total. The Morgan fingerprint density at radius 1 is 1.32 bits per heavy atom. The average molecular weight is 279 g/mol. The SMILES string of the molecule is Cn1ncnc1Sc1ccc(N)c(OC(C)(C)C)n1. The van der Waals surface area contributed by atoms with Crippen molar-refractivity contribution in [3.63, 3.8) is 0 Å². The second kappa shape index (κ2) is 5.08. The van der Waals surface area contributed by atoms with E-state index < -0.39 is 0 Å². The first-order chi connectivity index (χ1) is 8.85. The van der Waals surface area contributed by atoms with Crippen LogP contribution in [0.1, 0.15) is 20.8 Å². The van der Waals surface area contributed by atoms with Crippen molar-refractivity contribution in [3.05, 3.63) is 18.5 Å². The molecule has 0 atom stereocenters. The van der Waals surface area contributed by atoms with Crippen LogP contribution < -0.4 is 10.5 Å². The zero-order chi connectivity index (χ0) is 14.0. The lowest BCUT2D eigenvalue weighted by Crippen LogP contribution is -2.24. The number of pyridine rings is 1. The zero-order valence-electron chi connectivity index (χ0n) is 11.4. The van der Waals surface area contributed by atoms with Crippen molar-refractivity contribution >= 4 is 17.4 Å². The third-order valence-electron chi connectivity index (χ3n) is 2.13. The minimum Gasteiger partial charge on any atom is -0.470 e. The summed E-state index contributed by atoms with van der Waals surface area (Å²) < 4.78 is 7.42. The number of aromatic nitrogens is 4. The Balaban J connectivity index is 2.24. The Kier molecular flexibility index (Phi) is 3.66. The summed E-state index contributed by atoms with van der Waals surface area (Å²) in [5.74, 6) is 0.444. The summed E-state index contributed by atoms with van der Waals surface area (Å²) >= 11 is 1.41. The molecule has 0 aliphatic rings. The lowest BCUT2D eigenvalue weighted by molar-refractivity contribution is 0.124. The van der Waals surface area contributed by atoms with E-state index in [9.17, 15) is 0 Å². The van der Waals surface area contributed by atoms with Gasteiger partial charge in [-0.3, -0.25) is 0 Å². The molecule has 2 aromatic rings. The van der Waals surface area contributed by atoms with E-state index in [1.165, 1.54) is 18.1 Å². The Labute approximate surface area is 116 Å². The fraction of sp³-hybridized carbons (Fsp3) is 0.417. The van der Waals surface area contributed by atoms with Gasteiger partial charge in [-0.25, -0.2) is 14.6 Å². The monoisotopic (exact) mass is 279 g/mol. The molecule has 0 fully saturated rings. The van der Waals surface area contributed by atoms with Gasteiger partial charge in [0, 0.05) is 7.05 Å². The van der Waals surface area contributed by atoms with Gasteiger partial charge in [0.05, 0.1) is 5.69 Å². The Bertz CT molecular complexity index is 576. The molecule has 0 bridgehead atoms. The molecular formula is C12H17N5OS. The number of hydrogen-bond donors (Lipinski definition) is 1. The average Bonchev–Trinajstić information content (AvgIpc) is 2.67. The number of aryl methyl sites for hydroxylation is 1. The number of nitrogen functional groups attached to an aromatic ring is 1. The van der Waals surface area contributed by atoms with E-state index in [-0.39, 0.29) is 5.60 Å². The summed E-state index contributed by atoms with van der Waals surface area (Å²) in [4.78, 5) is 8.55. The number of hydrogen-bond acceptors (Lipinski definition) is 6. The zero-order valence-corrected chi connectivity index (χ0v) is 12.2. The largest absolute Gasteiger partial charge is 0.470 e. The molecule has 19 heavy (non-hydrogen) atoms. The van der Waals surface area contributed by atoms with Crippen LogP contribution in [0.5, 0.6) is 5.88 Å². The molecule has 2 rings (SSSR count). The van der Waals surface area contributed by atoms with Crippen LogP contribution in [0.2, 0.25) is 0 Å². The maximum absolute atomic E-state index is 5.87. The maximum atomic E-state index is 5.87. The molecule has 0 saturated heterocycles. The molecule has 0 unspecified atom stereocenters. The first-order valence-corrected chi connectivity index (χ1v) is 6.64. The van der Waals surface area contributed by atoms with Crippen molar-refractivity contribution in [3.8, 4) is 5.88 Å². The molecule has 0 radical (unpaired) electrons. The first kappa shape index (κ1) is 13.7. The number of nitrogens with zero attached hydrogens (tertiary/aromatic N) is 4. The van der Waals surface area contributed by atoms with Crippen LogP contribution in [-0.2, 0) is 7.05 Å². The van der Waals surface area contributed by atoms with E-state index in [1.807, 2.05) is 33.9 Å². The summed E-state index contributed by atoms with van der Waals surface area (Å²) in [5, 5.41) is 5.54. The fourth-order valence-electron chi connectivity index (χ4n) is 1.33. The van der Waals surface area contributed by atoms with Gasteiger partial charge in [-0.05, 0) is 44.7 Å². The highest BCUT2D eigenvalue weighted by Gasteiger charge is 2.16. The van der Waals surface area contributed by atoms with Crippen molar-refractivity contribution in [1.29, 1.82) is 0 Å². The van der Waals surface area contributed by atoms with Crippen molar-refractivity contribution in [2.24, 2.45) is 7.05 Å². The minimum atomic E-state index is -0.338. The van der Waals surface area contributed by atoms with Crippen LogP contribution in [0.15, 0.2) is 28.6 Å². The molecule has 102 valence electrons. The van der Waals surface area contributed by atoms with Gasteiger partial charge in [0.2, 0.25) is 5.88 Å². The molecule has 0 aliphatic carbocycles. The van der Waals surface area contributed by atoms with E-state index in [1.54, 1.807) is 10.7 Å². The minimum absolute atomic E-state index is 0.338. The van der Waals surface area contributed by atoms with Gasteiger partial charge >= 0.3 is 0 Å². The van der Waals surface area contributed by atoms with E-state index in [2.05, 4.69) is 15.1 Å². The van der Waals surface area contributed by atoms with Crippen LogP contribution in [0.4, 0.5) is 5.69 Å². The lowest BCUT2D eigenvalue weighted by Gasteiger charge is -2.21. The second-order valence-electron chi connectivity index (χ2n) is 5.03. The van der Waals surface area contributed by atoms with E-state index in [4.69, 9.17) is 10.5 Å². The van der Waals surface area contributed by atoms with Gasteiger partial charge in [0.15, 0.2) is 5.16 Å². The topological polar surface area (TPSA) is 78.9 Å². The normalized spacial score (nSPS) is 11.6. The number of anilines is 1. The van der Waals surface area contributed by atoms with Crippen molar-refractivity contribution in [1.82, 2.24) is 19.7 Å². The molecule has 0 amide bonds. The van der Waals surface area contributed by atoms with Crippen LogP contribution in [-0.4, -0.2) is 25.3 Å². The smallest absolute Gasteiger partial charge is 0.238 e. The Morgan fingerprint density at radius 2 is 2.05 bits per heavy atom. The molecule has 6 nitrogen and oxygen atoms in total. The molecule has 0 saturated carbocycles. The molecular weight excluding hydrogens is 262 g/mol. The fourth-order valence-corrected chi connectivity index (χ4v) is 2.07. The van der Waals surface area contributed by atoms with Crippen molar-refractivity contribution < 1.29 is 4.74 Å². The summed E-state index contributed by atoms with van der Waals surface area (Å²) in [5.41, 5.74) is 6.06. The first-order valence-electron chi connectivity index (χ1n) is 5.82. The lowest BCUT2D eigenvalue weighted by atomic mass is 10.2. The predicted molar refractivity (Wildman–Crippen MR) is 74.2 cm³/mol. The van der Waals surface area contributed by atoms with E-state index >= 15 is 0 Å². The van der Waals surface area contributed by atoms with E-state index in [0.717, 1.165) is 10.2 Å². The summed E-state index contributed by atoms with van der Waals surface area (Å²) in [7, 11) is 1.83. The summed E-state index contributed by atoms with van der Waals surface area (Å²) in [6.45, 7) is 5.86. The van der Waals surface area contributed by atoms with Crippen LogP contribution in [0.25, 0.3) is 0 Å². The third kappa shape index (κ3) is 3.60. The van der Waals surface area contributed by atoms with Gasteiger partial charge < -0.3 is 10.5 Å². The maximum Gasteiger partial charge on any atom is 0.238 e. The Hall–Kier alpha value is -1.76. The number of rotatable bonds is 3. The van der Waals surface area contributed by atoms with Crippen molar-refractivity contribution in [2.45, 2.75) is 36.6 Å². The molecule has 0 aliphatic heterocycles. The highest BCUT2D eigenvalue weighted by molar-refractivity contribution is 7.99. The highest BCUT2D eigenvalue weighted by Crippen LogP contribution is 2.29. The summed E-state index contributed by atoms with van der Waals surface area (Å²) in [6.07, 6.45) is 1.51. The van der Waals surface area contributed by atoms with Gasteiger partial charge in [-0.2, -0.15) is 5.10 Å². The van der Waals surface area contributed by atoms with Crippen LogP contribution >= 0.6 is 11.8 Å². The Morgan fingerprint density at radius 3 is 2.63 bits per heavy atom. The van der Waals surface area contributed by atoms with Gasteiger partial charge in [0.1, 0.15) is 17.0 Å². The number of ether oxygens (including phenoxy) is 1. The third-order valence-corrected chi connectivity index (χ3v) is 3.12. The molecule has 0 spiro atoms. The quantitative estimate of drug-likeness (QED) is 0.927. The van der Waals surface area contributed by atoms with E-state index in [0.29, 0.717) is 11.6 Å². The van der Waals surface area contributed by atoms with Gasteiger partial charge in [-0.1, -0.05) is 0 Å². The van der Waals surface area contributed by atoms with Gasteiger partial charge in [0.25, 0.3) is 0 Å². The highest BCUT2D eigenvalue weighted by atomic mass is 32.2. The summed E-state index contributed by atoms with van der Waals surface area (Å²) in [6, 6.07) is 3.62. The second-order valence-corrected chi connectivity index (χ2v) is 6.01. The molecule has 2 aromatic heterocycles. The van der Waals surface area contributed by atoms with Gasteiger partial charge in [-0.15, -0.1) is 0 Å². The molecule has 2 heterocycles. The van der Waals surface area contributed by atoms with Crippen LogP contribution in [0, 0.1) is 0 Å². The molecule has 0 aromatic carbocycles. The molecule has 7 heteroatoms. The number of nitrogens with two attached hydrogens (primary N) is 1. The van der Waals surface area contributed by atoms with Crippen LogP contribution in [0.3, 0.4) is 0 Å².